The van der Waals surface area contributed by atoms with E-state index in [0.717, 1.165) is 17.2 Å². The highest BCUT2D eigenvalue weighted by Gasteiger charge is 2.02. The fourth-order valence-electron chi connectivity index (χ4n) is 1.49. The van der Waals surface area contributed by atoms with E-state index in [1.54, 1.807) is 24.3 Å². The average Bonchev–Trinajstić information content (AvgIpc) is 2.84. The Hall–Kier alpha value is -2.69. The van der Waals surface area contributed by atoms with Gasteiger partial charge in [-0.1, -0.05) is 0 Å². The summed E-state index contributed by atoms with van der Waals surface area (Å²) in [5.74, 6) is 1.29. The first-order valence-electron chi connectivity index (χ1n) is 6.14. The number of aromatic nitrogens is 1. The first-order chi connectivity index (χ1) is 9.65. The monoisotopic (exact) mass is 269 g/mol. The summed E-state index contributed by atoms with van der Waals surface area (Å²) in [6.07, 6.45) is 6.45. The molecule has 0 atom stereocenters. The molecule has 0 saturated carbocycles. The Bertz CT molecular complexity index is 639. The van der Waals surface area contributed by atoms with Crippen LogP contribution in [0.2, 0.25) is 0 Å². The summed E-state index contributed by atoms with van der Waals surface area (Å²) in [4.78, 5) is 15.7. The standard InChI is InChI=1S/C15H15N3O2/c1-11-5-7-13(10-16-11)15(19)18-17-9-3-4-14-8-6-12(2)20-14/h3-10H,1-2H3,(H,18,19)/b4-3+,17-9+. The average molecular weight is 269 g/mol. The Kier molecular flexibility index (Phi) is 4.44. The van der Waals surface area contributed by atoms with E-state index in [2.05, 4.69) is 15.5 Å². The van der Waals surface area contributed by atoms with Crippen LogP contribution < -0.4 is 5.43 Å². The summed E-state index contributed by atoms with van der Waals surface area (Å²) >= 11 is 0. The molecule has 0 bridgehead atoms. The Morgan fingerprint density at radius 3 is 2.80 bits per heavy atom. The predicted molar refractivity (Wildman–Crippen MR) is 77.4 cm³/mol. The van der Waals surface area contributed by atoms with Gasteiger partial charge >= 0.3 is 0 Å². The number of hydrogen-bond donors (Lipinski definition) is 1. The van der Waals surface area contributed by atoms with Crippen molar-refractivity contribution < 1.29 is 9.21 Å². The molecule has 1 N–H and O–H groups in total. The maximum Gasteiger partial charge on any atom is 0.272 e. The van der Waals surface area contributed by atoms with Gasteiger partial charge in [-0.15, -0.1) is 0 Å². The molecule has 0 spiro atoms. The van der Waals surface area contributed by atoms with Crippen molar-refractivity contribution in [2.24, 2.45) is 5.10 Å². The lowest BCUT2D eigenvalue weighted by Crippen LogP contribution is -2.17. The molecule has 20 heavy (non-hydrogen) atoms. The van der Waals surface area contributed by atoms with E-state index in [1.165, 1.54) is 12.4 Å². The summed E-state index contributed by atoms with van der Waals surface area (Å²) < 4.78 is 5.35. The molecule has 0 fully saturated rings. The molecule has 2 heterocycles. The van der Waals surface area contributed by atoms with Gasteiger partial charge in [-0.2, -0.15) is 5.10 Å². The van der Waals surface area contributed by atoms with Gasteiger partial charge in [-0.25, -0.2) is 5.43 Å². The second-order valence-electron chi connectivity index (χ2n) is 4.21. The van der Waals surface area contributed by atoms with Crippen molar-refractivity contribution in [1.29, 1.82) is 0 Å². The van der Waals surface area contributed by atoms with Gasteiger partial charge in [0.2, 0.25) is 0 Å². The smallest absolute Gasteiger partial charge is 0.272 e. The lowest BCUT2D eigenvalue weighted by molar-refractivity contribution is 0.0955. The minimum atomic E-state index is -0.295. The summed E-state index contributed by atoms with van der Waals surface area (Å²) in [6, 6.07) is 7.21. The molecule has 0 aromatic carbocycles. The first-order valence-corrected chi connectivity index (χ1v) is 6.14. The van der Waals surface area contributed by atoms with Crippen LogP contribution in [-0.4, -0.2) is 17.1 Å². The third-order valence-corrected chi connectivity index (χ3v) is 2.52. The zero-order valence-corrected chi connectivity index (χ0v) is 11.3. The largest absolute Gasteiger partial charge is 0.462 e. The second-order valence-corrected chi connectivity index (χ2v) is 4.21. The quantitative estimate of drug-likeness (QED) is 0.685. The van der Waals surface area contributed by atoms with Gasteiger partial charge in [0.25, 0.3) is 5.91 Å². The highest BCUT2D eigenvalue weighted by molar-refractivity contribution is 5.94. The number of nitrogens with one attached hydrogen (secondary N) is 1. The van der Waals surface area contributed by atoms with Gasteiger partial charge in [-0.05, 0) is 50.3 Å². The van der Waals surface area contributed by atoms with Crippen molar-refractivity contribution in [3.8, 4) is 0 Å². The van der Waals surface area contributed by atoms with Crippen LogP contribution >= 0.6 is 0 Å². The number of allylic oxidation sites excluding steroid dienone is 1. The topological polar surface area (TPSA) is 67.5 Å². The van der Waals surface area contributed by atoms with Crippen LogP contribution in [0.25, 0.3) is 6.08 Å². The number of rotatable bonds is 4. The number of nitrogens with zero attached hydrogens (tertiary/aromatic N) is 2. The second kappa shape index (κ2) is 6.47. The third-order valence-electron chi connectivity index (χ3n) is 2.52. The normalized spacial score (nSPS) is 11.3. The molecule has 2 aromatic rings. The zero-order valence-electron chi connectivity index (χ0n) is 11.3. The molecular formula is C15H15N3O2. The van der Waals surface area contributed by atoms with Crippen molar-refractivity contribution in [2.75, 3.05) is 0 Å². The molecule has 2 aromatic heterocycles. The van der Waals surface area contributed by atoms with Crippen molar-refractivity contribution in [2.45, 2.75) is 13.8 Å². The van der Waals surface area contributed by atoms with E-state index in [0.29, 0.717) is 5.56 Å². The number of carbonyl (C=O) groups is 1. The first kappa shape index (κ1) is 13.7. The van der Waals surface area contributed by atoms with Crippen molar-refractivity contribution in [3.63, 3.8) is 0 Å². The Balaban J connectivity index is 1.85. The number of hydrazone groups is 1. The number of furan rings is 1. The highest BCUT2D eigenvalue weighted by atomic mass is 16.3. The minimum absolute atomic E-state index is 0.295. The lowest BCUT2D eigenvalue weighted by Gasteiger charge is -1.98. The van der Waals surface area contributed by atoms with Crippen molar-refractivity contribution in [3.05, 3.63) is 59.3 Å². The minimum Gasteiger partial charge on any atom is -0.462 e. The van der Waals surface area contributed by atoms with E-state index >= 15 is 0 Å². The van der Waals surface area contributed by atoms with Gasteiger partial charge < -0.3 is 4.42 Å². The van der Waals surface area contributed by atoms with Gasteiger partial charge in [-0.3, -0.25) is 9.78 Å². The molecule has 0 radical (unpaired) electrons. The fourth-order valence-corrected chi connectivity index (χ4v) is 1.49. The molecule has 0 unspecified atom stereocenters. The van der Waals surface area contributed by atoms with Crippen LogP contribution in [-0.2, 0) is 0 Å². The maximum atomic E-state index is 11.7. The summed E-state index contributed by atoms with van der Waals surface area (Å²) in [5, 5.41) is 3.81. The predicted octanol–water partition coefficient (Wildman–Crippen LogP) is 2.72. The molecule has 2 rings (SSSR count). The molecule has 0 saturated heterocycles. The maximum absolute atomic E-state index is 11.7. The van der Waals surface area contributed by atoms with Crippen molar-refractivity contribution in [1.82, 2.24) is 10.4 Å². The van der Waals surface area contributed by atoms with Crippen LogP contribution in [0.4, 0.5) is 0 Å². The van der Waals surface area contributed by atoms with Gasteiger partial charge in [0, 0.05) is 18.1 Å². The van der Waals surface area contributed by atoms with E-state index in [1.807, 2.05) is 26.0 Å². The molecule has 0 aliphatic rings. The molecule has 102 valence electrons. The zero-order chi connectivity index (χ0) is 14.4. The Morgan fingerprint density at radius 1 is 1.30 bits per heavy atom. The Morgan fingerprint density at radius 2 is 2.15 bits per heavy atom. The van der Waals surface area contributed by atoms with Gasteiger partial charge in [0.05, 0.1) is 5.56 Å². The van der Waals surface area contributed by atoms with E-state index in [4.69, 9.17) is 4.42 Å². The molecule has 1 amide bonds. The van der Waals surface area contributed by atoms with Crippen LogP contribution in [0.1, 0.15) is 27.6 Å². The van der Waals surface area contributed by atoms with Gasteiger partial charge in [0.1, 0.15) is 11.5 Å². The Labute approximate surface area is 117 Å². The number of hydrogen-bond acceptors (Lipinski definition) is 4. The van der Waals surface area contributed by atoms with Crippen LogP contribution in [0.5, 0.6) is 0 Å². The molecule has 5 heteroatoms. The molecule has 0 aliphatic carbocycles. The SMILES string of the molecule is Cc1ccc(C(=O)N/N=C/C=C/c2ccc(C)o2)cn1. The van der Waals surface area contributed by atoms with Crippen molar-refractivity contribution >= 4 is 18.2 Å². The number of amides is 1. The van der Waals surface area contributed by atoms with E-state index < -0.39 is 0 Å². The van der Waals surface area contributed by atoms with Crippen LogP contribution in [0.3, 0.4) is 0 Å². The summed E-state index contributed by atoms with van der Waals surface area (Å²) in [7, 11) is 0. The summed E-state index contributed by atoms with van der Waals surface area (Å²) in [6.45, 7) is 3.74. The molecule has 5 nitrogen and oxygen atoms in total. The number of carbonyl (C=O) groups excluding carboxylic acids is 1. The van der Waals surface area contributed by atoms with E-state index in [-0.39, 0.29) is 5.91 Å². The summed E-state index contributed by atoms with van der Waals surface area (Å²) in [5.41, 5.74) is 3.75. The highest BCUT2D eigenvalue weighted by Crippen LogP contribution is 2.07. The lowest BCUT2D eigenvalue weighted by atomic mass is 10.2. The number of aryl methyl sites for hydroxylation is 2. The number of pyridine rings is 1. The van der Waals surface area contributed by atoms with E-state index in [9.17, 15) is 4.79 Å². The fraction of sp³-hybridized carbons (Fsp3) is 0.133. The van der Waals surface area contributed by atoms with Crippen LogP contribution in [0.15, 0.2) is 46.1 Å². The molecule has 0 aliphatic heterocycles. The van der Waals surface area contributed by atoms with Gasteiger partial charge in [0.15, 0.2) is 0 Å². The van der Waals surface area contributed by atoms with Crippen LogP contribution in [0, 0.1) is 13.8 Å². The third kappa shape index (κ3) is 3.91. The molecular weight excluding hydrogens is 254 g/mol.